The van der Waals surface area contributed by atoms with Gasteiger partial charge in [-0.2, -0.15) is 8.42 Å². The van der Waals surface area contributed by atoms with Crippen LogP contribution in [0.3, 0.4) is 0 Å². The maximum atomic E-state index is 10.4. The van der Waals surface area contributed by atoms with Crippen LogP contribution in [0.5, 0.6) is 0 Å². The normalized spacial score (nSPS) is 11.7. The van der Waals surface area contributed by atoms with Gasteiger partial charge in [0, 0.05) is 0 Å². The van der Waals surface area contributed by atoms with E-state index in [4.69, 9.17) is 0 Å². The monoisotopic (exact) mass is 148 g/mol. The molecule has 4 heteroatoms. The zero-order chi connectivity index (χ0) is 7.33. The van der Waals surface area contributed by atoms with E-state index in [2.05, 4.69) is 10.8 Å². The first-order valence-electron chi connectivity index (χ1n) is 2.29. The third-order valence-electron chi connectivity index (χ3n) is 0.530. The maximum absolute atomic E-state index is 10.4. The van der Waals surface area contributed by atoms with Crippen LogP contribution in [0.15, 0.2) is 24.3 Å². The molecule has 0 aliphatic rings. The van der Waals surface area contributed by atoms with Crippen molar-refractivity contribution in [1.82, 2.24) is 0 Å². The van der Waals surface area contributed by atoms with Crippen molar-refractivity contribution in [3.63, 3.8) is 0 Å². The molecule has 0 saturated carbocycles. The molecule has 0 atom stereocenters. The summed E-state index contributed by atoms with van der Waals surface area (Å²) in [7, 11) is -3.50. The molecule has 0 unspecified atom stereocenters. The van der Waals surface area contributed by atoms with Crippen molar-refractivity contribution in [2.75, 3.05) is 0 Å². The van der Waals surface area contributed by atoms with E-state index >= 15 is 0 Å². The number of hydrogen-bond donors (Lipinski definition) is 0. The molecule has 0 saturated heterocycles. The van der Waals surface area contributed by atoms with Gasteiger partial charge in [-0.3, -0.25) is 0 Å². The predicted molar refractivity (Wildman–Crippen MR) is 35.0 cm³/mol. The van der Waals surface area contributed by atoms with E-state index in [1.54, 1.807) is 6.92 Å². The van der Waals surface area contributed by atoms with Crippen LogP contribution in [-0.4, -0.2) is 8.42 Å². The minimum Gasteiger partial charge on any atom is -0.388 e. The standard InChI is InChI=1S/C5H8O3S/c1-3-5-8-9(6,7)4-2/h3-5H,2H2,1H3/b5-3+. The average molecular weight is 148 g/mol. The van der Waals surface area contributed by atoms with Crippen molar-refractivity contribution in [2.24, 2.45) is 0 Å². The van der Waals surface area contributed by atoms with Crippen LogP contribution in [0.2, 0.25) is 0 Å². The molecular weight excluding hydrogens is 140 g/mol. The molecule has 0 aromatic rings. The number of allylic oxidation sites excluding steroid dienone is 1. The van der Waals surface area contributed by atoms with Crippen molar-refractivity contribution in [2.45, 2.75) is 6.92 Å². The molecule has 0 aliphatic heterocycles. The SMILES string of the molecule is C=CS(=O)(=O)O/C=C/C. The molecule has 0 fully saturated rings. The van der Waals surface area contributed by atoms with Gasteiger partial charge in [0.1, 0.15) is 6.26 Å². The summed E-state index contributed by atoms with van der Waals surface area (Å²) in [6.07, 6.45) is 2.55. The first-order chi connectivity index (χ1) is 4.12. The van der Waals surface area contributed by atoms with Crippen LogP contribution < -0.4 is 0 Å². The molecule has 0 aromatic heterocycles. The van der Waals surface area contributed by atoms with Crippen LogP contribution in [0.4, 0.5) is 0 Å². The minimum atomic E-state index is -3.50. The molecule has 0 radical (unpaired) electrons. The second-order valence-corrected chi connectivity index (χ2v) is 2.74. The molecule has 0 bridgehead atoms. The van der Waals surface area contributed by atoms with Gasteiger partial charge >= 0.3 is 10.1 Å². The summed E-state index contributed by atoms with van der Waals surface area (Å²) in [6, 6.07) is 0. The van der Waals surface area contributed by atoms with Crippen LogP contribution in [-0.2, 0) is 14.3 Å². The first-order valence-corrected chi connectivity index (χ1v) is 3.76. The molecule has 0 spiro atoms. The average Bonchev–Trinajstić information content (AvgIpc) is 1.84. The largest absolute Gasteiger partial charge is 0.388 e. The number of hydrogen-bond acceptors (Lipinski definition) is 3. The Morgan fingerprint density at radius 3 is 2.44 bits per heavy atom. The zero-order valence-electron chi connectivity index (χ0n) is 5.07. The summed E-state index contributed by atoms with van der Waals surface area (Å²) < 4.78 is 24.9. The van der Waals surface area contributed by atoms with Gasteiger partial charge in [-0.05, 0) is 6.92 Å². The van der Waals surface area contributed by atoms with Crippen molar-refractivity contribution in [3.8, 4) is 0 Å². The highest BCUT2D eigenvalue weighted by atomic mass is 32.2. The van der Waals surface area contributed by atoms with Gasteiger partial charge in [0.15, 0.2) is 0 Å². The molecule has 52 valence electrons. The molecule has 0 N–H and O–H groups in total. The molecule has 0 rings (SSSR count). The quantitative estimate of drug-likeness (QED) is 0.443. The topological polar surface area (TPSA) is 43.4 Å². The fourth-order valence-electron chi connectivity index (χ4n) is 0.172. The molecule has 0 aliphatic carbocycles. The van der Waals surface area contributed by atoms with Gasteiger partial charge in [0.05, 0.1) is 5.41 Å². The second-order valence-electron chi connectivity index (χ2n) is 1.23. The Labute approximate surface area is 54.8 Å². The molecule has 3 nitrogen and oxygen atoms in total. The molecule has 0 amide bonds. The van der Waals surface area contributed by atoms with E-state index in [1.807, 2.05) is 0 Å². The van der Waals surface area contributed by atoms with Crippen LogP contribution >= 0.6 is 0 Å². The summed E-state index contributed by atoms with van der Waals surface area (Å²) in [5.74, 6) is 0. The van der Waals surface area contributed by atoms with Crippen molar-refractivity contribution in [3.05, 3.63) is 24.3 Å². The third kappa shape index (κ3) is 3.78. The van der Waals surface area contributed by atoms with Crippen molar-refractivity contribution in [1.29, 1.82) is 0 Å². The Bertz CT molecular complexity index is 200. The lowest BCUT2D eigenvalue weighted by Crippen LogP contribution is -1.93. The summed E-state index contributed by atoms with van der Waals surface area (Å²) in [6.45, 7) is 4.69. The lowest BCUT2D eigenvalue weighted by molar-refractivity contribution is 0.453. The lowest BCUT2D eigenvalue weighted by Gasteiger charge is -1.92. The van der Waals surface area contributed by atoms with Gasteiger partial charge in [0.25, 0.3) is 0 Å². The fraction of sp³-hybridized carbons (Fsp3) is 0.200. The van der Waals surface area contributed by atoms with E-state index in [0.29, 0.717) is 0 Å². The third-order valence-corrected chi connectivity index (χ3v) is 1.32. The van der Waals surface area contributed by atoms with Crippen LogP contribution in [0, 0.1) is 0 Å². The summed E-state index contributed by atoms with van der Waals surface area (Å²) in [4.78, 5) is 0. The Morgan fingerprint density at radius 2 is 2.11 bits per heavy atom. The summed E-state index contributed by atoms with van der Waals surface area (Å²) in [5.41, 5.74) is 0. The van der Waals surface area contributed by atoms with E-state index < -0.39 is 10.1 Å². The predicted octanol–water partition coefficient (Wildman–Crippen LogP) is 1.01. The smallest absolute Gasteiger partial charge is 0.331 e. The molecule has 0 heterocycles. The molecule has 9 heavy (non-hydrogen) atoms. The second kappa shape index (κ2) is 3.29. The first kappa shape index (κ1) is 8.23. The number of rotatable bonds is 3. The van der Waals surface area contributed by atoms with E-state index in [-0.39, 0.29) is 0 Å². The van der Waals surface area contributed by atoms with Gasteiger partial charge < -0.3 is 4.18 Å². The van der Waals surface area contributed by atoms with Gasteiger partial charge in [-0.25, -0.2) is 0 Å². The van der Waals surface area contributed by atoms with Gasteiger partial charge in [-0.15, -0.1) is 0 Å². The van der Waals surface area contributed by atoms with Crippen molar-refractivity contribution >= 4 is 10.1 Å². The van der Waals surface area contributed by atoms with E-state index in [0.717, 1.165) is 11.7 Å². The highest BCUT2D eigenvalue weighted by Crippen LogP contribution is 1.92. The molecular formula is C5H8O3S. The fourth-order valence-corrected chi connectivity index (χ4v) is 0.517. The minimum absolute atomic E-state index is 0.743. The van der Waals surface area contributed by atoms with E-state index in [9.17, 15) is 8.42 Å². The Hall–Kier alpha value is -0.770. The van der Waals surface area contributed by atoms with Gasteiger partial charge in [-0.1, -0.05) is 12.7 Å². The van der Waals surface area contributed by atoms with E-state index in [1.165, 1.54) is 6.08 Å². The van der Waals surface area contributed by atoms with Crippen molar-refractivity contribution < 1.29 is 12.6 Å². The Morgan fingerprint density at radius 1 is 1.56 bits per heavy atom. The Kier molecular flexibility index (Phi) is 3.01. The van der Waals surface area contributed by atoms with Gasteiger partial charge in [0.2, 0.25) is 0 Å². The highest BCUT2D eigenvalue weighted by molar-refractivity contribution is 7.89. The maximum Gasteiger partial charge on any atom is 0.331 e. The summed E-state index contributed by atoms with van der Waals surface area (Å²) >= 11 is 0. The Balaban J connectivity index is 4.05. The van der Waals surface area contributed by atoms with Crippen LogP contribution in [0.25, 0.3) is 0 Å². The zero-order valence-corrected chi connectivity index (χ0v) is 5.89. The summed E-state index contributed by atoms with van der Waals surface area (Å²) in [5, 5.41) is 0.743. The molecule has 0 aromatic carbocycles. The highest BCUT2D eigenvalue weighted by Gasteiger charge is 1.98. The lowest BCUT2D eigenvalue weighted by atomic mass is 10.8. The van der Waals surface area contributed by atoms with Crippen LogP contribution in [0.1, 0.15) is 6.92 Å².